The van der Waals surface area contributed by atoms with Crippen molar-refractivity contribution < 1.29 is 14.3 Å². The fraction of sp³-hybridized carbons (Fsp3) is 0.235. The zero-order chi connectivity index (χ0) is 17.5. The number of likely N-dealkylation sites (N-methyl/N-ethyl adjacent to an activating group) is 1. The number of hydrogen-bond donors (Lipinski definition) is 0. The molecule has 2 aromatic rings. The average Bonchev–Trinajstić information content (AvgIpc) is 2.61. The molecule has 0 unspecified atom stereocenters. The fourth-order valence-corrected chi connectivity index (χ4v) is 2.13. The molecule has 0 N–H and O–H groups in total. The second-order valence-electron chi connectivity index (χ2n) is 5.29. The van der Waals surface area contributed by atoms with Gasteiger partial charge in [-0.3, -0.25) is 4.79 Å². The van der Waals surface area contributed by atoms with Crippen LogP contribution in [0.1, 0.15) is 15.9 Å². The van der Waals surface area contributed by atoms with E-state index in [1.807, 2.05) is 25.9 Å². The molecule has 2 rings (SSSR count). The van der Waals surface area contributed by atoms with Gasteiger partial charge in [-0.1, -0.05) is 11.5 Å². The number of pyridine rings is 1. The van der Waals surface area contributed by atoms with Crippen LogP contribution in [-0.2, 0) is 4.74 Å². The van der Waals surface area contributed by atoms with Crippen molar-refractivity contribution in [3.05, 3.63) is 41.5 Å². The number of carbonyl (C=O) groups excluding carboxylic acids is 1. The van der Waals surface area contributed by atoms with E-state index in [9.17, 15) is 10.1 Å². The zero-order valence-electron chi connectivity index (χ0n) is 13.9. The van der Waals surface area contributed by atoms with Crippen LogP contribution in [0.2, 0.25) is 0 Å². The van der Waals surface area contributed by atoms with Gasteiger partial charge in [0.05, 0.1) is 12.2 Å². The minimum absolute atomic E-state index is 0.356. The van der Waals surface area contributed by atoms with Crippen LogP contribution in [0, 0.1) is 11.3 Å². The number of nitriles is 1. The summed E-state index contributed by atoms with van der Waals surface area (Å²) >= 11 is 0. The molecular formula is C17H18BN3O3. The molecule has 0 aliphatic heterocycles. The maximum atomic E-state index is 11.0. The Balaban J connectivity index is 2.28. The molecule has 0 amide bonds. The molecule has 6 nitrogen and oxygen atoms in total. The molecule has 0 radical (unpaired) electrons. The molecule has 1 aromatic carbocycles. The standard InChI is InChI=1S/C17H18BN3O3/c1-21(7-8-23-2)17-12(10-19)3-6-16(20-17)24-14-4-5-15(18)13(9-14)11-22/h3-6,9,11H,7-8,18H2,1-2H3. The first-order chi connectivity index (χ1) is 11.6. The number of ether oxygens (including phenoxy) is 2. The smallest absolute Gasteiger partial charge is 0.221 e. The topological polar surface area (TPSA) is 75.4 Å². The highest BCUT2D eigenvalue weighted by atomic mass is 16.5. The molecule has 0 spiro atoms. The molecule has 0 fully saturated rings. The van der Waals surface area contributed by atoms with E-state index in [0.717, 1.165) is 11.7 Å². The molecule has 0 aliphatic rings. The third-order valence-electron chi connectivity index (χ3n) is 3.56. The van der Waals surface area contributed by atoms with E-state index in [1.54, 1.807) is 31.4 Å². The van der Waals surface area contributed by atoms with E-state index in [0.29, 0.717) is 41.7 Å². The van der Waals surface area contributed by atoms with Gasteiger partial charge in [0.2, 0.25) is 5.88 Å². The highest BCUT2D eigenvalue weighted by molar-refractivity contribution is 6.35. The van der Waals surface area contributed by atoms with Crippen molar-refractivity contribution >= 4 is 25.4 Å². The van der Waals surface area contributed by atoms with Crippen LogP contribution >= 0.6 is 0 Å². The third-order valence-corrected chi connectivity index (χ3v) is 3.56. The van der Waals surface area contributed by atoms with E-state index >= 15 is 0 Å². The number of carbonyl (C=O) groups is 1. The van der Waals surface area contributed by atoms with Crippen molar-refractivity contribution in [2.45, 2.75) is 0 Å². The first kappa shape index (κ1) is 17.5. The average molecular weight is 323 g/mol. The number of anilines is 1. The Bertz CT molecular complexity index is 774. The van der Waals surface area contributed by atoms with Gasteiger partial charge in [-0.25, -0.2) is 0 Å². The predicted octanol–water partition coefficient (Wildman–Crippen LogP) is 0.899. The third kappa shape index (κ3) is 4.12. The number of aldehydes is 1. The highest BCUT2D eigenvalue weighted by Gasteiger charge is 2.12. The summed E-state index contributed by atoms with van der Waals surface area (Å²) in [6.07, 6.45) is 0.790. The van der Waals surface area contributed by atoms with Crippen molar-refractivity contribution in [3.63, 3.8) is 0 Å². The lowest BCUT2D eigenvalue weighted by molar-refractivity contribution is 0.112. The SMILES string of the molecule is Bc1ccc(Oc2ccc(C#N)c(N(C)CCOC)n2)cc1C=O. The summed E-state index contributed by atoms with van der Waals surface area (Å²) in [7, 11) is 5.31. The van der Waals surface area contributed by atoms with E-state index in [1.165, 1.54) is 0 Å². The molecule has 0 saturated carbocycles. The molecule has 24 heavy (non-hydrogen) atoms. The lowest BCUT2D eigenvalue weighted by atomic mass is 9.91. The quantitative estimate of drug-likeness (QED) is 0.557. The number of benzene rings is 1. The Labute approximate surface area is 142 Å². The predicted molar refractivity (Wildman–Crippen MR) is 94.2 cm³/mol. The summed E-state index contributed by atoms with van der Waals surface area (Å²) in [5.74, 6) is 1.40. The molecule has 0 atom stereocenters. The van der Waals surface area contributed by atoms with E-state index in [-0.39, 0.29) is 0 Å². The number of rotatable bonds is 7. The lowest BCUT2D eigenvalue weighted by Gasteiger charge is -2.19. The summed E-state index contributed by atoms with van der Waals surface area (Å²) in [6, 6.07) is 10.7. The van der Waals surface area contributed by atoms with Crippen molar-refractivity contribution in [2.75, 3.05) is 32.2 Å². The van der Waals surface area contributed by atoms with Gasteiger partial charge < -0.3 is 14.4 Å². The molecule has 0 saturated heterocycles. The van der Waals surface area contributed by atoms with Crippen LogP contribution in [0.4, 0.5) is 5.82 Å². The van der Waals surface area contributed by atoms with Crippen molar-refractivity contribution in [3.8, 4) is 17.7 Å². The lowest BCUT2D eigenvalue weighted by Crippen LogP contribution is -2.24. The zero-order valence-corrected chi connectivity index (χ0v) is 13.9. The van der Waals surface area contributed by atoms with Crippen molar-refractivity contribution in [2.24, 2.45) is 0 Å². The van der Waals surface area contributed by atoms with Crippen LogP contribution in [0.15, 0.2) is 30.3 Å². The van der Waals surface area contributed by atoms with Gasteiger partial charge in [0, 0.05) is 32.3 Å². The van der Waals surface area contributed by atoms with E-state index < -0.39 is 0 Å². The van der Waals surface area contributed by atoms with E-state index in [4.69, 9.17) is 9.47 Å². The molecular weight excluding hydrogens is 305 g/mol. The minimum atomic E-state index is 0.356. The molecule has 1 heterocycles. The van der Waals surface area contributed by atoms with Gasteiger partial charge in [-0.2, -0.15) is 10.2 Å². The van der Waals surface area contributed by atoms with Crippen LogP contribution in [0.3, 0.4) is 0 Å². The first-order valence-electron chi connectivity index (χ1n) is 7.44. The van der Waals surface area contributed by atoms with E-state index in [2.05, 4.69) is 11.1 Å². The summed E-state index contributed by atoms with van der Waals surface area (Å²) in [5, 5.41) is 9.24. The first-order valence-corrected chi connectivity index (χ1v) is 7.44. The van der Waals surface area contributed by atoms with Crippen LogP contribution in [0.25, 0.3) is 0 Å². The number of hydrogen-bond acceptors (Lipinski definition) is 6. The maximum Gasteiger partial charge on any atom is 0.221 e. The maximum absolute atomic E-state index is 11.0. The normalized spacial score (nSPS) is 10.0. The van der Waals surface area contributed by atoms with Gasteiger partial charge in [0.25, 0.3) is 0 Å². The molecule has 0 aliphatic carbocycles. The monoisotopic (exact) mass is 323 g/mol. The number of aromatic nitrogens is 1. The van der Waals surface area contributed by atoms with Gasteiger partial charge in [-0.15, -0.1) is 0 Å². The molecule has 1 aromatic heterocycles. The Morgan fingerprint density at radius 1 is 1.38 bits per heavy atom. The molecule has 7 heteroatoms. The largest absolute Gasteiger partial charge is 0.439 e. The molecule has 122 valence electrons. The van der Waals surface area contributed by atoms with Crippen molar-refractivity contribution in [1.29, 1.82) is 5.26 Å². The Morgan fingerprint density at radius 3 is 2.83 bits per heavy atom. The minimum Gasteiger partial charge on any atom is -0.439 e. The summed E-state index contributed by atoms with van der Waals surface area (Å²) < 4.78 is 10.8. The second-order valence-corrected chi connectivity index (χ2v) is 5.29. The van der Waals surface area contributed by atoms with Gasteiger partial charge in [0.1, 0.15) is 31.8 Å². The van der Waals surface area contributed by atoms with Gasteiger partial charge in [-0.05, 0) is 18.2 Å². The summed E-state index contributed by atoms with van der Waals surface area (Å²) in [4.78, 5) is 17.3. The second kappa shape index (κ2) is 8.13. The fourth-order valence-electron chi connectivity index (χ4n) is 2.13. The Kier molecular flexibility index (Phi) is 5.93. The Hall–Kier alpha value is -2.85. The van der Waals surface area contributed by atoms with Crippen LogP contribution < -0.4 is 15.1 Å². The van der Waals surface area contributed by atoms with Crippen molar-refractivity contribution in [1.82, 2.24) is 4.98 Å². The molecule has 0 bridgehead atoms. The Morgan fingerprint density at radius 2 is 2.17 bits per heavy atom. The summed E-state index contributed by atoms with van der Waals surface area (Å²) in [6.45, 7) is 1.12. The van der Waals surface area contributed by atoms with Crippen LogP contribution in [-0.4, -0.2) is 46.4 Å². The van der Waals surface area contributed by atoms with Gasteiger partial charge >= 0.3 is 0 Å². The highest BCUT2D eigenvalue weighted by Crippen LogP contribution is 2.24. The summed E-state index contributed by atoms with van der Waals surface area (Å²) in [5.41, 5.74) is 1.90. The number of nitrogens with zero attached hydrogens (tertiary/aromatic N) is 3. The van der Waals surface area contributed by atoms with Crippen LogP contribution in [0.5, 0.6) is 11.6 Å². The number of methoxy groups -OCH3 is 1. The van der Waals surface area contributed by atoms with Gasteiger partial charge in [0.15, 0.2) is 0 Å².